The highest BCUT2D eigenvalue weighted by Gasteiger charge is 2.24. The molecule has 1 aromatic carbocycles. The van der Waals surface area contributed by atoms with E-state index in [0.717, 1.165) is 55.7 Å². The number of oxime groups is 1. The summed E-state index contributed by atoms with van der Waals surface area (Å²) in [5, 5.41) is 22.7. The van der Waals surface area contributed by atoms with Gasteiger partial charge in [-0.15, -0.1) is 0 Å². The fourth-order valence-electron chi connectivity index (χ4n) is 4.63. The highest BCUT2D eigenvalue weighted by Crippen LogP contribution is 2.31. The average Bonchev–Trinajstić information content (AvgIpc) is 3.33. The van der Waals surface area contributed by atoms with Crippen molar-refractivity contribution in [1.82, 2.24) is 24.7 Å². The third kappa shape index (κ3) is 6.03. The van der Waals surface area contributed by atoms with Crippen molar-refractivity contribution in [2.75, 3.05) is 19.7 Å². The second-order valence-corrected chi connectivity index (χ2v) is 10.3. The minimum Gasteiger partial charge on any atom is -0.392 e. The molecule has 1 fully saturated rings. The fraction of sp³-hybridized carbons (Fsp3) is 0.357. The smallest absolute Gasteiger partial charge is 0.159 e. The zero-order valence-corrected chi connectivity index (χ0v) is 21.4. The van der Waals surface area contributed by atoms with Gasteiger partial charge in [-0.3, -0.25) is 9.88 Å². The third-order valence-electron chi connectivity index (χ3n) is 6.60. The van der Waals surface area contributed by atoms with Crippen LogP contribution in [0.1, 0.15) is 55.0 Å². The molecule has 4 aromatic rings. The number of hydrogen-bond donors (Lipinski definition) is 1. The Morgan fingerprint density at radius 1 is 1.08 bits per heavy atom. The molecule has 8 nitrogen and oxygen atoms in total. The molecular weight excluding hydrogens is 490 g/mol. The summed E-state index contributed by atoms with van der Waals surface area (Å²) >= 11 is 0. The topological polar surface area (TPSA) is 88.1 Å². The summed E-state index contributed by atoms with van der Waals surface area (Å²) in [5.41, 5.74) is 3.28. The summed E-state index contributed by atoms with van der Waals surface area (Å²) in [4.78, 5) is 12.3. The van der Waals surface area contributed by atoms with Gasteiger partial charge in [-0.05, 0) is 87.7 Å². The number of likely N-dealkylation sites (tertiary alicyclic amines) is 1. The summed E-state index contributed by atoms with van der Waals surface area (Å²) in [7, 11) is 0. The van der Waals surface area contributed by atoms with Crippen LogP contribution in [0.2, 0.25) is 0 Å². The largest absolute Gasteiger partial charge is 0.392 e. The number of fused-ring (bicyclic) bond motifs is 1. The highest BCUT2D eigenvalue weighted by atomic mass is 19.2. The Bertz CT molecular complexity index is 1420. The zero-order chi connectivity index (χ0) is 26.7. The molecule has 1 N–H and O–H groups in total. The van der Waals surface area contributed by atoms with E-state index in [-0.39, 0.29) is 12.3 Å². The van der Waals surface area contributed by atoms with Crippen LogP contribution in [0.25, 0.3) is 5.52 Å². The number of nitrogens with zero attached hydrogens (tertiary/aromatic N) is 6. The van der Waals surface area contributed by atoms with E-state index in [0.29, 0.717) is 17.2 Å². The number of halogens is 2. The minimum absolute atomic E-state index is 0.0694. The van der Waals surface area contributed by atoms with Crippen molar-refractivity contribution >= 4 is 11.2 Å². The molecule has 5 rings (SSSR count). The van der Waals surface area contributed by atoms with Crippen molar-refractivity contribution in [3.8, 4) is 0 Å². The van der Waals surface area contributed by atoms with Crippen LogP contribution in [-0.4, -0.2) is 60.8 Å². The van der Waals surface area contributed by atoms with E-state index >= 15 is 0 Å². The van der Waals surface area contributed by atoms with Gasteiger partial charge in [-0.1, -0.05) is 11.2 Å². The van der Waals surface area contributed by atoms with Crippen LogP contribution in [0.5, 0.6) is 0 Å². The predicted molar refractivity (Wildman–Crippen MR) is 139 cm³/mol. The Hall–Kier alpha value is -3.76. The molecule has 3 aromatic heterocycles. The van der Waals surface area contributed by atoms with Crippen molar-refractivity contribution in [2.24, 2.45) is 5.16 Å². The zero-order valence-electron chi connectivity index (χ0n) is 21.4. The lowest BCUT2D eigenvalue weighted by Crippen LogP contribution is -2.32. The molecule has 38 heavy (non-hydrogen) atoms. The van der Waals surface area contributed by atoms with E-state index in [4.69, 9.17) is 4.84 Å². The van der Waals surface area contributed by atoms with Crippen LogP contribution in [0.3, 0.4) is 0 Å². The van der Waals surface area contributed by atoms with Crippen LogP contribution >= 0.6 is 0 Å². The van der Waals surface area contributed by atoms with Crippen LogP contribution < -0.4 is 0 Å². The first-order chi connectivity index (χ1) is 18.3. The van der Waals surface area contributed by atoms with Gasteiger partial charge in [-0.25, -0.2) is 8.78 Å². The maximum absolute atomic E-state index is 13.9. The van der Waals surface area contributed by atoms with Crippen molar-refractivity contribution in [2.45, 2.75) is 44.8 Å². The molecule has 0 aliphatic carbocycles. The van der Waals surface area contributed by atoms with Crippen molar-refractivity contribution in [3.63, 3.8) is 0 Å². The molecule has 0 amide bonds. The van der Waals surface area contributed by atoms with Crippen molar-refractivity contribution in [3.05, 3.63) is 95.1 Å². The molecule has 10 heteroatoms. The normalized spacial score (nSPS) is 15.8. The van der Waals surface area contributed by atoms with Gasteiger partial charge in [0.25, 0.3) is 0 Å². The number of rotatable bonds is 8. The lowest BCUT2D eigenvalue weighted by molar-refractivity contribution is -0.0189. The first-order valence-electron chi connectivity index (χ1n) is 12.6. The molecule has 0 unspecified atom stereocenters. The molecule has 0 spiro atoms. The number of piperidine rings is 1. The first-order valence-corrected chi connectivity index (χ1v) is 12.6. The summed E-state index contributed by atoms with van der Waals surface area (Å²) in [6, 6.07) is 11.3. The molecule has 4 heterocycles. The maximum atomic E-state index is 13.9. The van der Waals surface area contributed by atoms with E-state index in [1.54, 1.807) is 36.9 Å². The SMILES string of the molecule is CC(C)(O)CO/N=C(\c1ccc(F)c(F)c1)c1ccc(CN2CCC(c3cnn4ncccc34)CC2)cn1. The predicted octanol–water partition coefficient (Wildman–Crippen LogP) is 4.32. The van der Waals surface area contributed by atoms with Gasteiger partial charge in [-0.2, -0.15) is 14.8 Å². The first kappa shape index (κ1) is 25.9. The summed E-state index contributed by atoms with van der Waals surface area (Å²) in [6.07, 6.45) is 7.51. The second kappa shape index (κ2) is 10.9. The van der Waals surface area contributed by atoms with Gasteiger partial charge in [0, 0.05) is 30.1 Å². The number of benzene rings is 1. The Morgan fingerprint density at radius 3 is 2.61 bits per heavy atom. The van der Waals surface area contributed by atoms with Gasteiger partial charge in [0.1, 0.15) is 12.3 Å². The molecule has 1 aliphatic rings. The molecule has 1 saturated heterocycles. The van der Waals surface area contributed by atoms with Gasteiger partial charge in [0.15, 0.2) is 11.6 Å². The number of hydrogen-bond acceptors (Lipinski definition) is 7. The van der Waals surface area contributed by atoms with E-state index in [2.05, 4.69) is 31.3 Å². The fourth-order valence-corrected chi connectivity index (χ4v) is 4.63. The Balaban J connectivity index is 1.26. The number of pyridine rings is 1. The van der Waals surface area contributed by atoms with E-state index in [1.807, 2.05) is 18.3 Å². The maximum Gasteiger partial charge on any atom is 0.159 e. The van der Waals surface area contributed by atoms with E-state index in [9.17, 15) is 13.9 Å². The van der Waals surface area contributed by atoms with Gasteiger partial charge < -0.3 is 9.94 Å². The summed E-state index contributed by atoms with van der Waals surface area (Å²) in [6.45, 7) is 5.77. The van der Waals surface area contributed by atoms with Gasteiger partial charge >= 0.3 is 0 Å². The van der Waals surface area contributed by atoms with E-state index in [1.165, 1.54) is 11.6 Å². The van der Waals surface area contributed by atoms with Gasteiger partial charge in [0.05, 0.1) is 23.0 Å². The molecule has 0 saturated carbocycles. The molecule has 198 valence electrons. The second-order valence-electron chi connectivity index (χ2n) is 10.3. The average molecular weight is 521 g/mol. The molecule has 1 aliphatic heterocycles. The Kier molecular flexibility index (Phi) is 7.44. The van der Waals surface area contributed by atoms with Crippen LogP contribution in [0, 0.1) is 11.6 Å². The molecule has 0 bridgehead atoms. The summed E-state index contributed by atoms with van der Waals surface area (Å²) in [5.74, 6) is -1.49. The summed E-state index contributed by atoms with van der Waals surface area (Å²) < 4.78 is 29.1. The van der Waals surface area contributed by atoms with Crippen LogP contribution in [-0.2, 0) is 11.4 Å². The standard InChI is InChI=1S/C28H30F2N6O2/c1-28(2,37)18-38-34-27(21-6-7-23(29)24(30)14-21)25-8-5-19(15-31-25)17-35-12-9-20(10-13-35)22-16-33-36-26(22)4-3-11-32-36/h3-8,11,14-16,20,37H,9-10,12-13,17-18H2,1-2H3/b34-27+. The van der Waals surface area contributed by atoms with Crippen molar-refractivity contribution < 1.29 is 18.7 Å². The monoisotopic (exact) mass is 520 g/mol. The lowest BCUT2D eigenvalue weighted by Gasteiger charge is -2.31. The quantitative estimate of drug-likeness (QED) is 0.275. The minimum atomic E-state index is -1.10. The van der Waals surface area contributed by atoms with Crippen LogP contribution in [0.4, 0.5) is 8.78 Å². The highest BCUT2D eigenvalue weighted by molar-refractivity contribution is 6.11. The van der Waals surface area contributed by atoms with Crippen molar-refractivity contribution in [1.29, 1.82) is 0 Å². The number of aromatic nitrogens is 4. The Labute approximate surface area is 219 Å². The third-order valence-corrected chi connectivity index (χ3v) is 6.60. The van der Waals surface area contributed by atoms with Crippen LogP contribution in [0.15, 0.2) is 66.2 Å². The molecule has 0 atom stereocenters. The molecule has 0 radical (unpaired) electrons. The lowest BCUT2D eigenvalue weighted by atomic mass is 9.90. The molecular formula is C28H30F2N6O2. The van der Waals surface area contributed by atoms with E-state index < -0.39 is 17.2 Å². The Morgan fingerprint density at radius 2 is 1.89 bits per heavy atom. The number of aliphatic hydroxyl groups is 1. The van der Waals surface area contributed by atoms with Gasteiger partial charge in [0.2, 0.25) is 0 Å².